The molecular weight excluding hydrogens is 389 g/mol. The first-order chi connectivity index (χ1) is 13.8. The summed E-state index contributed by atoms with van der Waals surface area (Å²) in [5.41, 5.74) is 0.897. The summed E-state index contributed by atoms with van der Waals surface area (Å²) >= 11 is 1.37. The van der Waals surface area contributed by atoms with Gasteiger partial charge in [0.15, 0.2) is 5.17 Å². The third-order valence-corrected chi connectivity index (χ3v) is 5.16. The fourth-order valence-corrected chi connectivity index (χ4v) is 3.28. The summed E-state index contributed by atoms with van der Waals surface area (Å²) in [6, 6.07) is 6.05. The SMILES string of the molecule is C/C=C\CC(=O)NC.C=C/C=C/C1(C)SC(=N[C@@H](C)c2ccc(F)cc2)NC1=O. The summed E-state index contributed by atoms with van der Waals surface area (Å²) in [7, 11) is 1.63. The highest BCUT2D eigenvalue weighted by molar-refractivity contribution is 8.16. The van der Waals surface area contributed by atoms with E-state index in [-0.39, 0.29) is 23.7 Å². The minimum absolute atomic E-state index is 0.0584. The van der Waals surface area contributed by atoms with Crippen LogP contribution in [0.2, 0.25) is 0 Å². The van der Waals surface area contributed by atoms with Crippen molar-refractivity contribution in [2.75, 3.05) is 7.05 Å². The molecule has 1 heterocycles. The number of benzene rings is 1. The summed E-state index contributed by atoms with van der Waals surface area (Å²) in [6.07, 6.45) is 9.35. The van der Waals surface area contributed by atoms with Crippen LogP contribution in [0.1, 0.15) is 38.8 Å². The molecule has 1 fully saturated rings. The third-order valence-electron chi connectivity index (χ3n) is 4.01. The Bertz CT molecular complexity index is 803. The van der Waals surface area contributed by atoms with Gasteiger partial charge in [-0.2, -0.15) is 0 Å². The van der Waals surface area contributed by atoms with Gasteiger partial charge in [0, 0.05) is 13.5 Å². The molecule has 0 saturated carbocycles. The number of allylic oxidation sites excluding steroid dienone is 3. The van der Waals surface area contributed by atoms with Crippen molar-refractivity contribution in [3.05, 3.63) is 72.6 Å². The van der Waals surface area contributed by atoms with E-state index in [4.69, 9.17) is 0 Å². The lowest BCUT2D eigenvalue weighted by atomic mass is 10.1. The predicted octanol–water partition coefficient (Wildman–Crippen LogP) is 4.31. The van der Waals surface area contributed by atoms with E-state index < -0.39 is 4.75 Å². The topological polar surface area (TPSA) is 70.6 Å². The zero-order valence-corrected chi connectivity index (χ0v) is 18.1. The Labute approximate surface area is 176 Å². The van der Waals surface area contributed by atoms with Crippen molar-refractivity contribution in [2.45, 2.75) is 38.0 Å². The van der Waals surface area contributed by atoms with Crippen LogP contribution in [0, 0.1) is 5.82 Å². The summed E-state index contributed by atoms with van der Waals surface area (Å²) in [5, 5.41) is 5.87. The minimum Gasteiger partial charge on any atom is -0.359 e. The fraction of sp³-hybridized carbons (Fsp3) is 0.318. The van der Waals surface area contributed by atoms with Crippen LogP contribution in [0.15, 0.2) is 66.2 Å². The molecule has 156 valence electrons. The lowest BCUT2D eigenvalue weighted by Crippen LogP contribution is -2.32. The maximum absolute atomic E-state index is 12.9. The molecule has 1 aromatic rings. The molecule has 1 unspecified atom stereocenters. The largest absolute Gasteiger partial charge is 0.359 e. The molecule has 1 saturated heterocycles. The molecule has 0 aromatic heterocycles. The Morgan fingerprint density at radius 2 is 2.07 bits per heavy atom. The number of thioether (sulfide) groups is 1. The number of nitrogens with one attached hydrogen (secondary N) is 2. The molecule has 2 rings (SSSR count). The summed E-state index contributed by atoms with van der Waals surface area (Å²) < 4.78 is 12.2. The molecule has 2 amide bonds. The molecule has 0 bridgehead atoms. The molecule has 2 N–H and O–H groups in total. The molecule has 1 aromatic carbocycles. The molecule has 29 heavy (non-hydrogen) atoms. The first kappa shape index (κ1) is 24.4. The summed E-state index contributed by atoms with van der Waals surface area (Å²) in [4.78, 5) is 26.9. The first-order valence-corrected chi connectivity index (χ1v) is 10.0. The minimum atomic E-state index is -0.671. The van der Waals surface area contributed by atoms with Crippen molar-refractivity contribution in [3.63, 3.8) is 0 Å². The van der Waals surface area contributed by atoms with Crippen molar-refractivity contribution >= 4 is 28.7 Å². The van der Waals surface area contributed by atoms with Crippen LogP contribution >= 0.6 is 11.8 Å². The highest BCUT2D eigenvalue weighted by atomic mass is 32.2. The van der Waals surface area contributed by atoms with E-state index in [9.17, 15) is 14.0 Å². The van der Waals surface area contributed by atoms with Gasteiger partial charge in [0.2, 0.25) is 11.8 Å². The lowest BCUT2D eigenvalue weighted by Gasteiger charge is -2.12. The van der Waals surface area contributed by atoms with Crippen LogP contribution in [-0.2, 0) is 9.59 Å². The van der Waals surface area contributed by atoms with E-state index in [0.29, 0.717) is 11.6 Å². The quantitative estimate of drug-likeness (QED) is 0.535. The average molecular weight is 418 g/mol. The van der Waals surface area contributed by atoms with Crippen molar-refractivity contribution < 1.29 is 14.0 Å². The Morgan fingerprint density at radius 1 is 1.41 bits per heavy atom. The van der Waals surface area contributed by atoms with Crippen molar-refractivity contribution in [1.82, 2.24) is 10.6 Å². The monoisotopic (exact) mass is 417 g/mol. The maximum Gasteiger partial charge on any atom is 0.246 e. The molecule has 0 spiro atoms. The average Bonchev–Trinajstić information content (AvgIpc) is 2.98. The Hall–Kier alpha value is -2.67. The Kier molecular flexibility index (Phi) is 10.1. The van der Waals surface area contributed by atoms with Crippen LogP contribution < -0.4 is 10.6 Å². The highest BCUT2D eigenvalue weighted by Gasteiger charge is 2.40. The van der Waals surface area contributed by atoms with Gasteiger partial charge in [-0.15, -0.1) is 0 Å². The van der Waals surface area contributed by atoms with E-state index in [2.05, 4.69) is 22.2 Å². The number of amidine groups is 1. The van der Waals surface area contributed by atoms with Gasteiger partial charge >= 0.3 is 0 Å². The Balaban J connectivity index is 0.000000447. The van der Waals surface area contributed by atoms with E-state index in [1.807, 2.05) is 32.9 Å². The van der Waals surface area contributed by atoms with Gasteiger partial charge in [-0.05, 0) is 38.5 Å². The van der Waals surface area contributed by atoms with Crippen LogP contribution in [-0.4, -0.2) is 28.8 Å². The van der Waals surface area contributed by atoms with Crippen molar-refractivity contribution in [1.29, 1.82) is 0 Å². The summed E-state index contributed by atoms with van der Waals surface area (Å²) in [6.45, 7) is 9.23. The molecule has 1 aliphatic rings. The molecular formula is C22H28FN3O2S. The molecule has 1 aliphatic heterocycles. The molecule has 5 nitrogen and oxygen atoms in total. The zero-order chi connectivity index (χ0) is 21.9. The van der Waals surface area contributed by atoms with Gasteiger partial charge in [0.05, 0.1) is 6.04 Å². The fourth-order valence-electron chi connectivity index (χ4n) is 2.23. The summed E-state index contributed by atoms with van der Waals surface area (Å²) in [5.74, 6) is -0.317. The zero-order valence-electron chi connectivity index (χ0n) is 17.2. The van der Waals surface area contributed by atoms with E-state index in [1.54, 1.807) is 37.4 Å². The molecule has 2 atom stereocenters. The van der Waals surface area contributed by atoms with Crippen molar-refractivity contribution in [2.24, 2.45) is 4.99 Å². The number of halogens is 1. The van der Waals surface area contributed by atoms with E-state index >= 15 is 0 Å². The number of amides is 2. The second-order valence-corrected chi connectivity index (χ2v) is 7.81. The third kappa shape index (κ3) is 8.07. The number of aliphatic imine (C=N–C) groups is 1. The number of nitrogens with zero attached hydrogens (tertiary/aromatic N) is 1. The van der Waals surface area contributed by atoms with Gasteiger partial charge in [0.1, 0.15) is 10.6 Å². The number of carbonyl (C=O) groups excluding carboxylic acids is 2. The maximum atomic E-state index is 12.9. The Morgan fingerprint density at radius 3 is 2.62 bits per heavy atom. The van der Waals surface area contributed by atoms with E-state index in [1.165, 1.54) is 23.9 Å². The second-order valence-electron chi connectivity index (χ2n) is 6.37. The van der Waals surface area contributed by atoms with Gasteiger partial charge in [-0.1, -0.05) is 60.9 Å². The smallest absolute Gasteiger partial charge is 0.246 e. The molecule has 0 aliphatic carbocycles. The lowest BCUT2D eigenvalue weighted by molar-refractivity contribution is -0.120. The van der Waals surface area contributed by atoms with Gasteiger partial charge in [-0.25, -0.2) is 4.39 Å². The highest BCUT2D eigenvalue weighted by Crippen LogP contribution is 2.34. The van der Waals surface area contributed by atoms with Crippen LogP contribution in [0.4, 0.5) is 4.39 Å². The predicted molar refractivity (Wildman–Crippen MR) is 119 cm³/mol. The number of hydrogen-bond donors (Lipinski definition) is 2. The number of hydrogen-bond acceptors (Lipinski definition) is 4. The van der Waals surface area contributed by atoms with Crippen LogP contribution in [0.3, 0.4) is 0 Å². The number of rotatable bonds is 6. The second kappa shape index (κ2) is 12.0. The first-order valence-electron chi connectivity index (χ1n) is 9.21. The molecule has 0 radical (unpaired) electrons. The van der Waals surface area contributed by atoms with Gasteiger partial charge in [-0.3, -0.25) is 14.6 Å². The normalized spacial score (nSPS) is 21.0. The van der Waals surface area contributed by atoms with E-state index in [0.717, 1.165) is 5.56 Å². The van der Waals surface area contributed by atoms with Crippen molar-refractivity contribution in [3.8, 4) is 0 Å². The number of carbonyl (C=O) groups is 2. The molecule has 7 heteroatoms. The van der Waals surface area contributed by atoms with Crippen LogP contribution in [0.25, 0.3) is 0 Å². The van der Waals surface area contributed by atoms with Gasteiger partial charge in [0.25, 0.3) is 0 Å². The van der Waals surface area contributed by atoms with Crippen LogP contribution in [0.5, 0.6) is 0 Å². The van der Waals surface area contributed by atoms with Gasteiger partial charge < -0.3 is 10.6 Å². The standard InChI is InChI=1S/C16H17FN2OS.C6H11NO/c1-4-5-10-16(3)14(20)19-15(21-16)18-11(2)12-6-8-13(17)9-7-12;1-3-4-5-6(8)7-2/h4-11H,1H2,2-3H3,(H,18,19,20);3-4H,5H2,1-2H3,(H,7,8)/b10-5+;4-3-/t11-,16?;/m0./s1.